The second kappa shape index (κ2) is 6.83. The highest BCUT2D eigenvalue weighted by molar-refractivity contribution is 9.11. The first kappa shape index (κ1) is 15.7. The van der Waals surface area contributed by atoms with Gasteiger partial charge >= 0.3 is 0 Å². The van der Waals surface area contributed by atoms with E-state index in [1.54, 1.807) is 12.1 Å². The van der Waals surface area contributed by atoms with Crippen LogP contribution in [0.25, 0.3) is 0 Å². The zero-order chi connectivity index (χ0) is 14.7. The van der Waals surface area contributed by atoms with E-state index in [1.807, 2.05) is 13.1 Å². The minimum Gasteiger partial charge on any atom is -0.313 e. The zero-order valence-corrected chi connectivity index (χ0v) is 14.6. The fraction of sp³-hybridized carbons (Fsp3) is 0.250. The van der Waals surface area contributed by atoms with Gasteiger partial charge in [0.25, 0.3) is 0 Å². The highest BCUT2D eigenvalue weighted by Crippen LogP contribution is 2.31. The Balaban J connectivity index is 2.31. The Hall–Kier alpha value is -0.710. The van der Waals surface area contributed by atoms with Crippen molar-refractivity contribution in [1.82, 2.24) is 5.32 Å². The number of benzene rings is 2. The van der Waals surface area contributed by atoms with Gasteiger partial charge in [-0.2, -0.15) is 0 Å². The quantitative estimate of drug-likeness (QED) is 0.747. The largest absolute Gasteiger partial charge is 0.313 e. The smallest absolute Gasteiger partial charge is 0.123 e. The molecule has 0 saturated heterocycles. The Morgan fingerprint density at radius 3 is 2.55 bits per heavy atom. The Bertz CT molecular complexity index is 613. The molecular weight excluding hydrogens is 385 g/mol. The predicted octanol–water partition coefficient (Wildman–Crippen LogP) is 5.16. The van der Waals surface area contributed by atoms with Crippen molar-refractivity contribution >= 4 is 31.9 Å². The minimum atomic E-state index is -0.193. The molecule has 106 valence electrons. The fourth-order valence-corrected chi connectivity index (χ4v) is 3.29. The van der Waals surface area contributed by atoms with Gasteiger partial charge in [0.2, 0.25) is 0 Å². The lowest BCUT2D eigenvalue weighted by Gasteiger charge is -2.19. The van der Waals surface area contributed by atoms with Crippen LogP contribution in [0.2, 0.25) is 0 Å². The van der Waals surface area contributed by atoms with Gasteiger partial charge in [0.15, 0.2) is 0 Å². The third-order valence-electron chi connectivity index (χ3n) is 3.33. The summed E-state index contributed by atoms with van der Waals surface area (Å²) in [5, 5.41) is 3.30. The summed E-state index contributed by atoms with van der Waals surface area (Å²) in [5.41, 5.74) is 3.32. The lowest BCUT2D eigenvalue weighted by Crippen LogP contribution is -2.19. The molecular formula is C16H16Br2FN. The van der Waals surface area contributed by atoms with E-state index in [4.69, 9.17) is 0 Å². The van der Waals surface area contributed by atoms with Crippen LogP contribution in [0, 0.1) is 12.7 Å². The van der Waals surface area contributed by atoms with E-state index in [2.05, 4.69) is 56.2 Å². The lowest BCUT2D eigenvalue weighted by atomic mass is 9.98. The molecule has 0 aliphatic carbocycles. The number of likely N-dealkylation sites (N-methyl/N-ethyl adjacent to an activating group) is 1. The standard InChI is InChI=1S/C16H16Br2FN/c1-10-6-15(18)13(9-14(10)17)16(20-2)8-11-4-3-5-12(19)7-11/h3-7,9,16,20H,8H2,1-2H3. The van der Waals surface area contributed by atoms with Gasteiger partial charge in [-0.25, -0.2) is 4.39 Å². The molecule has 1 atom stereocenters. The van der Waals surface area contributed by atoms with Gasteiger partial charge in [0.05, 0.1) is 0 Å². The number of hydrogen-bond acceptors (Lipinski definition) is 1. The molecule has 0 bridgehead atoms. The van der Waals surface area contributed by atoms with Gasteiger partial charge in [0.1, 0.15) is 5.82 Å². The molecule has 0 aliphatic heterocycles. The van der Waals surface area contributed by atoms with Crippen LogP contribution in [0.3, 0.4) is 0 Å². The third kappa shape index (κ3) is 3.68. The van der Waals surface area contributed by atoms with Gasteiger partial charge in [0, 0.05) is 15.0 Å². The zero-order valence-electron chi connectivity index (χ0n) is 11.4. The van der Waals surface area contributed by atoms with Crippen molar-refractivity contribution < 1.29 is 4.39 Å². The molecule has 0 heterocycles. The molecule has 1 nitrogen and oxygen atoms in total. The van der Waals surface area contributed by atoms with Crippen LogP contribution in [0.15, 0.2) is 45.3 Å². The van der Waals surface area contributed by atoms with Crippen LogP contribution in [0.1, 0.15) is 22.7 Å². The summed E-state index contributed by atoms with van der Waals surface area (Å²) in [6.07, 6.45) is 0.738. The number of nitrogens with one attached hydrogen (secondary N) is 1. The topological polar surface area (TPSA) is 12.0 Å². The second-order valence-corrected chi connectivity index (χ2v) is 6.51. The van der Waals surface area contributed by atoms with Crippen molar-refractivity contribution in [3.8, 4) is 0 Å². The maximum atomic E-state index is 13.3. The first-order valence-electron chi connectivity index (χ1n) is 6.38. The average Bonchev–Trinajstić information content (AvgIpc) is 2.40. The number of hydrogen-bond donors (Lipinski definition) is 1. The summed E-state index contributed by atoms with van der Waals surface area (Å²) >= 11 is 7.18. The summed E-state index contributed by atoms with van der Waals surface area (Å²) < 4.78 is 15.4. The molecule has 0 aliphatic rings. The van der Waals surface area contributed by atoms with Gasteiger partial charge in [-0.1, -0.05) is 44.0 Å². The van der Waals surface area contributed by atoms with Crippen LogP contribution in [0.4, 0.5) is 4.39 Å². The molecule has 2 aromatic carbocycles. The van der Waals surface area contributed by atoms with Gasteiger partial charge in [-0.05, 0) is 61.3 Å². The normalized spacial score (nSPS) is 12.4. The SMILES string of the molecule is CNC(Cc1cccc(F)c1)c1cc(Br)c(C)cc1Br. The fourth-order valence-electron chi connectivity index (χ4n) is 2.20. The number of rotatable bonds is 4. The molecule has 4 heteroatoms. The summed E-state index contributed by atoms with van der Waals surface area (Å²) in [6, 6.07) is 11.1. The molecule has 1 unspecified atom stereocenters. The van der Waals surface area contributed by atoms with E-state index in [0.717, 1.165) is 26.5 Å². The van der Waals surface area contributed by atoms with Crippen molar-refractivity contribution in [2.75, 3.05) is 7.05 Å². The van der Waals surface area contributed by atoms with Gasteiger partial charge < -0.3 is 5.32 Å². The van der Waals surface area contributed by atoms with E-state index in [9.17, 15) is 4.39 Å². The molecule has 20 heavy (non-hydrogen) atoms. The van der Waals surface area contributed by atoms with Gasteiger partial charge in [-0.3, -0.25) is 0 Å². The second-order valence-electron chi connectivity index (χ2n) is 4.80. The molecule has 0 spiro atoms. The van der Waals surface area contributed by atoms with Crippen molar-refractivity contribution in [2.45, 2.75) is 19.4 Å². The summed E-state index contributed by atoms with van der Waals surface area (Å²) in [5.74, 6) is -0.193. The van der Waals surface area contributed by atoms with Crippen LogP contribution in [-0.4, -0.2) is 7.05 Å². The van der Waals surface area contributed by atoms with Crippen LogP contribution in [0.5, 0.6) is 0 Å². The minimum absolute atomic E-state index is 0.128. The summed E-state index contributed by atoms with van der Waals surface area (Å²) in [6.45, 7) is 2.06. The molecule has 2 aromatic rings. The first-order chi connectivity index (χ1) is 9.51. The molecule has 0 amide bonds. The van der Waals surface area contributed by atoms with E-state index in [1.165, 1.54) is 11.6 Å². The molecule has 1 N–H and O–H groups in total. The van der Waals surface area contributed by atoms with Gasteiger partial charge in [-0.15, -0.1) is 0 Å². The maximum Gasteiger partial charge on any atom is 0.123 e. The molecule has 0 radical (unpaired) electrons. The van der Waals surface area contributed by atoms with Crippen molar-refractivity contribution in [3.63, 3.8) is 0 Å². The van der Waals surface area contributed by atoms with E-state index >= 15 is 0 Å². The molecule has 2 rings (SSSR count). The van der Waals surface area contributed by atoms with Crippen molar-refractivity contribution in [3.05, 3.63) is 67.9 Å². The predicted molar refractivity (Wildman–Crippen MR) is 88.5 cm³/mol. The third-order valence-corrected chi connectivity index (χ3v) is 4.87. The van der Waals surface area contributed by atoms with Crippen LogP contribution in [-0.2, 0) is 6.42 Å². The monoisotopic (exact) mass is 399 g/mol. The Kier molecular flexibility index (Phi) is 5.35. The molecule has 0 aromatic heterocycles. The van der Waals surface area contributed by atoms with Crippen molar-refractivity contribution in [1.29, 1.82) is 0 Å². The Labute approximate surface area is 135 Å². The maximum absolute atomic E-state index is 13.3. The Morgan fingerprint density at radius 1 is 1.15 bits per heavy atom. The number of halogens is 3. The van der Waals surface area contributed by atoms with E-state index < -0.39 is 0 Å². The van der Waals surface area contributed by atoms with E-state index in [-0.39, 0.29) is 11.9 Å². The van der Waals surface area contributed by atoms with Crippen LogP contribution < -0.4 is 5.32 Å². The average molecular weight is 401 g/mol. The van der Waals surface area contributed by atoms with Crippen molar-refractivity contribution in [2.24, 2.45) is 0 Å². The number of aryl methyl sites for hydroxylation is 1. The van der Waals surface area contributed by atoms with Crippen LogP contribution >= 0.6 is 31.9 Å². The first-order valence-corrected chi connectivity index (χ1v) is 7.97. The summed E-state index contributed by atoms with van der Waals surface area (Å²) in [7, 11) is 1.92. The lowest BCUT2D eigenvalue weighted by molar-refractivity contribution is 0.582. The molecule has 0 fully saturated rings. The van der Waals surface area contributed by atoms with E-state index in [0.29, 0.717) is 0 Å². The highest BCUT2D eigenvalue weighted by atomic mass is 79.9. The highest BCUT2D eigenvalue weighted by Gasteiger charge is 2.15. The summed E-state index contributed by atoms with van der Waals surface area (Å²) in [4.78, 5) is 0. The molecule has 0 saturated carbocycles. The Morgan fingerprint density at radius 2 is 1.90 bits per heavy atom.